The number of aliphatic hydroxyl groups excluding tert-OH is 1. The summed E-state index contributed by atoms with van der Waals surface area (Å²) >= 11 is 0. The van der Waals surface area contributed by atoms with Gasteiger partial charge >= 0.3 is 0 Å². The Bertz CT molecular complexity index is 544. The van der Waals surface area contributed by atoms with Crippen molar-refractivity contribution in [3.8, 4) is 0 Å². The quantitative estimate of drug-likeness (QED) is 0.896. The number of anilines is 1. The predicted octanol–water partition coefficient (Wildman–Crippen LogP) is 2.27. The highest BCUT2D eigenvalue weighted by Crippen LogP contribution is 2.25. The van der Waals surface area contributed by atoms with Crippen LogP contribution < -0.4 is 5.32 Å². The number of aliphatic hydroxyl groups is 1. The molecule has 0 spiro atoms. The average Bonchev–Trinajstić information content (AvgIpc) is 2.48. The van der Waals surface area contributed by atoms with E-state index in [1.807, 2.05) is 0 Å². The van der Waals surface area contributed by atoms with Crippen LogP contribution in [0.5, 0.6) is 0 Å². The lowest BCUT2D eigenvalue weighted by Crippen LogP contribution is -2.38. The molecule has 22 heavy (non-hydrogen) atoms. The molecule has 0 saturated heterocycles. The van der Waals surface area contributed by atoms with Crippen molar-refractivity contribution in [3.05, 3.63) is 29.8 Å². The molecule has 2 amide bonds. The highest BCUT2D eigenvalue weighted by atomic mass is 16.3. The SMILES string of the molecule is CC(=O)Nc1cccc(C(=O)N(C)CC2CCCCC2O)c1. The molecule has 1 saturated carbocycles. The lowest BCUT2D eigenvalue weighted by molar-refractivity contribution is -0.114. The third kappa shape index (κ3) is 4.31. The smallest absolute Gasteiger partial charge is 0.253 e. The molecule has 2 atom stereocenters. The van der Waals surface area contributed by atoms with Crippen molar-refractivity contribution < 1.29 is 14.7 Å². The van der Waals surface area contributed by atoms with Crippen LogP contribution in [0.4, 0.5) is 5.69 Å². The zero-order chi connectivity index (χ0) is 16.1. The fourth-order valence-corrected chi connectivity index (χ4v) is 2.99. The summed E-state index contributed by atoms with van der Waals surface area (Å²) in [6.45, 7) is 2.00. The summed E-state index contributed by atoms with van der Waals surface area (Å²) in [7, 11) is 1.76. The average molecular weight is 304 g/mol. The van der Waals surface area contributed by atoms with Gasteiger partial charge in [-0.15, -0.1) is 0 Å². The fraction of sp³-hybridized carbons (Fsp3) is 0.529. The lowest BCUT2D eigenvalue weighted by Gasteiger charge is -2.31. The summed E-state index contributed by atoms with van der Waals surface area (Å²) in [4.78, 5) is 25.2. The summed E-state index contributed by atoms with van der Waals surface area (Å²) in [5, 5.41) is 12.7. The van der Waals surface area contributed by atoms with Crippen molar-refractivity contribution in [1.82, 2.24) is 4.90 Å². The minimum atomic E-state index is -0.310. The van der Waals surface area contributed by atoms with Gasteiger partial charge in [-0.25, -0.2) is 0 Å². The highest BCUT2D eigenvalue weighted by Gasteiger charge is 2.26. The van der Waals surface area contributed by atoms with Crippen molar-refractivity contribution in [3.63, 3.8) is 0 Å². The first-order chi connectivity index (χ1) is 10.5. The van der Waals surface area contributed by atoms with Crippen LogP contribution in [-0.4, -0.2) is 41.5 Å². The Kier molecular flexibility index (Phi) is 5.55. The Balaban J connectivity index is 2.02. The number of hydrogen-bond donors (Lipinski definition) is 2. The van der Waals surface area contributed by atoms with Gasteiger partial charge in [-0.05, 0) is 31.0 Å². The molecule has 1 aromatic rings. The van der Waals surface area contributed by atoms with Gasteiger partial charge in [-0.1, -0.05) is 18.9 Å². The van der Waals surface area contributed by atoms with E-state index in [-0.39, 0.29) is 23.8 Å². The second kappa shape index (κ2) is 7.40. The Labute approximate surface area is 131 Å². The van der Waals surface area contributed by atoms with Crippen molar-refractivity contribution >= 4 is 17.5 Å². The third-order valence-electron chi connectivity index (χ3n) is 4.15. The summed E-state index contributed by atoms with van der Waals surface area (Å²) < 4.78 is 0. The molecule has 0 radical (unpaired) electrons. The fourth-order valence-electron chi connectivity index (χ4n) is 2.99. The Morgan fingerprint density at radius 1 is 1.32 bits per heavy atom. The zero-order valence-corrected chi connectivity index (χ0v) is 13.2. The molecular weight excluding hydrogens is 280 g/mol. The number of nitrogens with one attached hydrogen (secondary N) is 1. The molecule has 1 aliphatic rings. The minimum absolute atomic E-state index is 0.0926. The predicted molar refractivity (Wildman–Crippen MR) is 85.7 cm³/mol. The summed E-state index contributed by atoms with van der Waals surface area (Å²) in [5.41, 5.74) is 1.16. The van der Waals surface area contributed by atoms with E-state index in [0.29, 0.717) is 17.8 Å². The zero-order valence-electron chi connectivity index (χ0n) is 13.2. The minimum Gasteiger partial charge on any atom is -0.393 e. The maximum atomic E-state index is 12.5. The lowest BCUT2D eigenvalue weighted by atomic mass is 9.86. The van der Waals surface area contributed by atoms with Crippen LogP contribution in [0.1, 0.15) is 43.0 Å². The summed E-state index contributed by atoms with van der Waals surface area (Å²) in [6, 6.07) is 6.92. The molecule has 0 bridgehead atoms. The molecule has 0 aliphatic heterocycles. The first kappa shape index (κ1) is 16.5. The van der Waals surface area contributed by atoms with E-state index in [1.165, 1.54) is 6.92 Å². The maximum absolute atomic E-state index is 12.5. The van der Waals surface area contributed by atoms with Crippen LogP contribution in [0, 0.1) is 5.92 Å². The molecule has 1 aromatic carbocycles. The largest absolute Gasteiger partial charge is 0.393 e. The maximum Gasteiger partial charge on any atom is 0.253 e. The first-order valence-electron chi connectivity index (χ1n) is 7.78. The van der Waals surface area contributed by atoms with E-state index >= 15 is 0 Å². The Morgan fingerprint density at radius 2 is 2.05 bits per heavy atom. The molecule has 1 aliphatic carbocycles. The van der Waals surface area contributed by atoms with Gasteiger partial charge < -0.3 is 15.3 Å². The van der Waals surface area contributed by atoms with Crippen molar-refractivity contribution in [1.29, 1.82) is 0 Å². The Hall–Kier alpha value is -1.88. The van der Waals surface area contributed by atoms with Crippen LogP contribution in [0.15, 0.2) is 24.3 Å². The van der Waals surface area contributed by atoms with Gasteiger partial charge in [0.15, 0.2) is 0 Å². The van der Waals surface area contributed by atoms with Crippen LogP contribution in [0.2, 0.25) is 0 Å². The molecular formula is C17H24N2O3. The topological polar surface area (TPSA) is 69.6 Å². The van der Waals surface area contributed by atoms with Crippen molar-refractivity contribution in [2.75, 3.05) is 18.9 Å². The van der Waals surface area contributed by atoms with Gasteiger partial charge in [0, 0.05) is 37.7 Å². The highest BCUT2D eigenvalue weighted by molar-refractivity contribution is 5.96. The number of benzene rings is 1. The van der Waals surface area contributed by atoms with Crippen LogP contribution in [0.25, 0.3) is 0 Å². The van der Waals surface area contributed by atoms with E-state index < -0.39 is 0 Å². The molecule has 1 fully saturated rings. The first-order valence-corrected chi connectivity index (χ1v) is 7.78. The third-order valence-corrected chi connectivity index (χ3v) is 4.15. The van der Waals surface area contributed by atoms with Gasteiger partial charge in [0.1, 0.15) is 0 Å². The second-order valence-corrected chi connectivity index (χ2v) is 6.06. The number of rotatable bonds is 4. The number of nitrogens with zero attached hydrogens (tertiary/aromatic N) is 1. The summed E-state index contributed by atoms with van der Waals surface area (Å²) in [6.07, 6.45) is 3.65. The molecule has 2 rings (SSSR count). The van der Waals surface area contributed by atoms with Gasteiger partial charge in [0.25, 0.3) is 5.91 Å². The molecule has 120 valence electrons. The second-order valence-electron chi connectivity index (χ2n) is 6.06. The van der Waals surface area contributed by atoms with Crippen LogP contribution >= 0.6 is 0 Å². The van der Waals surface area contributed by atoms with Crippen molar-refractivity contribution in [2.45, 2.75) is 38.7 Å². The molecule has 5 nitrogen and oxygen atoms in total. The van der Waals surface area contributed by atoms with Crippen LogP contribution in [0.3, 0.4) is 0 Å². The molecule has 0 heterocycles. The van der Waals surface area contributed by atoms with E-state index in [0.717, 1.165) is 25.7 Å². The normalized spacial score (nSPS) is 21.2. The molecule has 2 unspecified atom stereocenters. The number of hydrogen-bond acceptors (Lipinski definition) is 3. The van der Waals surface area contributed by atoms with Crippen molar-refractivity contribution in [2.24, 2.45) is 5.92 Å². The van der Waals surface area contributed by atoms with E-state index in [1.54, 1.807) is 36.2 Å². The van der Waals surface area contributed by atoms with Gasteiger partial charge in [0.05, 0.1) is 6.10 Å². The molecule has 0 aromatic heterocycles. The Morgan fingerprint density at radius 3 is 2.73 bits per heavy atom. The monoisotopic (exact) mass is 304 g/mol. The number of carbonyl (C=O) groups excluding carboxylic acids is 2. The standard InChI is InChI=1S/C17H24N2O3/c1-12(20)18-15-8-5-7-13(10-15)17(22)19(2)11-14-6-3-4-9-16(14)21/h5,7-8,10,14,16,21H,3-4,6,9,11H2,1-2H3,(H,18,20). The van der Waals surface area contributed by atoms with Gasteiger partial charge in [0.2, 0.25) is 5.91 Å². The number of carbonyl (C=O) groups is 2. The van der Waals surface area contributed by atoms with Crippen LogP contribution in [-0.2, 0) is 4.79 Å². The van der Waals surface area contributed by atoms with E-state index in [2.05, 4.69) is 5.32 Å². The molecule has 2 N–H and O–H groups in total. The van der Waals surface area contributed by atoms with E-state index in [4.69, 9.17) is 0 Å². The molecule has 5 heteroatoms. The number of amides is 2. The van der Waals surface area contributed by atoms with Gasteiger partial charge in [-0.3, -0.25) is 9.59 Å². The summed E-state index contributed by atoms with van der Waals surface area (Å²) in [5.74, 6) is -0.102. The van der Waals surface area contributed by atoms with E-state index in [9.17, 15) is 14.7 Å². The van der Waals surface area contributed by atoms with Gasteiger partial charge in [-0.2, -0.15) is 0 Å².